The number of carbonyl (C=O) groups is 2. The lowest BCUT2D eigenvalue weighted by atomic mass is 9.86. The molecule has 1 aromatic heterocycles. The van der Waals surface area contributed by atoms with Gasteiger partial charge in [0.2, 0.25) is 11.9 Å². The number of amides is 1. The highest BCUT2D eigenvalue weighted by Gasteiger charge is 2.27. The molecule has 2 N–H and O–H groups in total. The number of hydrogen-bond donors (Lipinski definition) is 2. The Morgan fingerprint density at radius 2 is 1.65 bits per heavy atom. The van der Waals surface area contributed by atoms with E-state index >= 15 is 0 Å². The quantitative estimate of drug-likeness (QED) is 0.147. The lowest BCUT2D eigenvalue weighted by molar-refractivity contribution is -0.120. The van der Waals surface area contributed by atoms with Gasteiger partial charge >= 0.3 is 0 Å². The standard InChI is InChI=1S/C34H38FN5O2S/c1-22-8-18-27(19-9-22)43-31(20-30(41)24-12-14-25(35)15-13-24)33(42)36-21-23-10-16-26(17-11-23)37-34-38-29-7-5-4-6-28(29)32(39-34)40(2)3/h4-9,12-15,18-19,23,26,31H,10-11,16-17,20-21H2,1-3H3,(H,36,42)(H,37,38,39)/t23-,26+,31?. The Labute approximate surface area is 256 Å². The smallest absolute Gasteiger partial charge is 0.233 e. The summed E-state index contributed by atoms with van der Waals surface area (Å²) in [7, 11) is 3.97. The number of halogens is 1. The van der Waals surface area contributed by atoms with Crippen LogP contribution < -0.4 is 15.5 Å². The monoisotopic (exact) mass is 599 g/mol. The van der Waals surface area contributed by atoms with Gasteiger partial charge in [0, 0.05) is 48.9 Å². The second-order valence-corrected chi connectivity index (χ2v) is 12.7. The molecule has 1 atom stereocenters. The molecule has 1 heterocycles. The molecule has 0 spiro atoms. The van der Waals surface area contributed by atoms with E-state index in [0.717, 1.165) is 52.9 Å². The van der Waals surface area contributed by atoms with Crippen molar-refractivity contribution in [1.82, 2.24) is 15.3 Å². The van der Waals surface area contributed by atoms with Crippen molar-refractivity contribution in [3.05, 3.63) is 89.7 Å². The molecule has 3 aromatic carbocycles. The number of anilines is 2. The fourth-order valence-electron chi connectivity index (χ4n) is 5.41. The largest absolute Gasteiger partial charge is 0.362 e. The number of Topliss-reactive ketones (excluding diaryl/α,β-unsaturated/α-hetero) is 1. The molecule has 5 rings (SSSR count). The molecule has 4 aromatic rings. The minimum atomic E-state index is -0.589. The lowest BCUT2D eigenvalue weighted by Gasteiger charge is -2.30. The zero-order valence-corrected chi connectivity index (χ0v) is 25.7. The van der Waals surface area contributed by atoms with Crippen LogP contribution in [0.4, 0.5) is 16.2 Å². The number of hydrogen-bond acceptors (Lipinski definition) is 7. The van der Waals surface area contributed by atoms with Gasteiger partial charge in [0.25, 0.3) is 0 Å². The first kappa shape index (κ1) is 30.5. The second-order valence-electron chi connectivity index (χ2n) is 11.4. The van der Waals surface area contributed by atoms with E-state index in [2.05, 4.69) is 10.6 Å². The van der Waals surface area contributed by atoms with E-state index < -0.39 is 11.1 Å². The maximum Gasteiger partial charge on any atom is 0.233 e. The number of para-hydroxylation sites is 1. The average Bonchev–Trinajstić information content (AvgIpc) is 3.01. The highest BCUT2D eigenvalue weighted by Crippen LogP contribution is 2.30. The molecule has 43 heavy (non-hydrogen) atoms. The van der Waals surface area contributed by atoms with E-state index in [4.69, 9.17) is 9.97 Å². The van der Waals surface area contributed by atoms with Gasteiger partial charge in [-0.25, -0.2) is 9.37 Å². The fraction of sp³-hybridized carbons (Fsp3) is 0.353. The molecule has 0 aliphatic heterocycles. The minimum Gasteiger partial charge on any atom is -0.362 e. The molecule has 1 aliphatic carbocycles. The third-order valence-corrected chi connectivity index (χ3v) is 9.09. The normalized spacial score (nSPS) is 17.3. The summed E-state index contributed by atoms with van der Waals surface area (Å²) in [6.07, 6.45) is 3.89. The number of ketones is 1. The summed E-state index contributed by atoms with van der Waals surface area (Å²) >= 11 is 1.39. The van der Waals surface area contributed by atoms with Crippen molar-refractivity contribution < 1.29 is 14.0 Å². The van der Waals surface area contributed by atoms with Gasteiger partial charge in [-0.3, -0.25) is 9.59 Å². The molecule has 224 valence electrons. The predicted molar refractivity (Wildman–Crippen MR) is 172 cm³/mol. The summed E-state index contributed by atoms with van der Waals surface area (Å²) < 4.78 is 13.4. The number of rotatable bonds is 11. The highest BCUT2D eigenvalue weighted by atomic mass is 32.2. The number of fused-ring (bicyclic) bond motifs is 1. The van der Waals surface area contributed by atoms with Gasteiger partial charge in [-0.1, -0.05) is 29.8 Å². The molecule has 0 saturated heterocycles. The van der Waals surface area contributed by atoms with Crippen LogP contribution in [0.2, 0.25) is 0 Å². The summed E-state index contributed by atoms with van der Waals surface area (Å²) in [6.45, 7) is 2.58. The molecule has 7 nitrogen and oxygen atoms in total. The van der Waals surface area contributed by atoms with E-state index in [1.165, 1.54) is 36.0 Å². The molecule has 9 heteroatoms. The first-order valence-electron chi connectivity index (χ1n) is 14.8. The first-order chi connectivity index (χ1) is 20.7. The number of aryl methyl sites for hydroxylation is 1. The summed E-state index contributed by atoms with van der Waals surface area (Å²) in [5, 5.41) is 7.11. The third kappa shape index (κ3) is 8.10. The molecule has 1 fully saturated rings. The maximum atomic E-state index is 13.4. The Hall–Kier alpha value is -3.98. The fourth-order valence-corrected chi connectivity index (χ4v) is 6.46. The number of carbonyl (C=O) groups excluding carboxylic acids is 2. The third-order valence-electron chi connectivity index (χ3n) is 7.88. The number of benzene rings is 3. The summed E-state index contributed by atoms with van der Waals surface area (Å²) in [4.78, 5) is 38.9. The predicted octanol–water partition coefficient (Wildman–Crippen LogP) is 6.66. The molecule has 1 saturated carbocycles. The van der Waals surface area contributed by atoms with Gasteiger partial charge in [0.05, 0.1) is 10.8 Å². The molecule has 0 radical (unpaired) electrons. The zero-order valence-electron chi connectivity index (χ0n) is 24.8. The van der Waals surface area contributed by atoms with Crippen molar-refractivity contribution in [2.24, 2.45) is 5.92 Å². The first-order valence-corrected chi connectivity index (χ1v) is 15.6. The van der Waals surface area contributed by atoms with E-state index in [9.17, 15) is 14.0 Å². The van der Waals surface area contributed by atoms with Crippen molar-refractivity contribution in [3.63, 3.8) is 0 Å². The van der Waals surface area contributed by atoms with E-state index in [-0.39, 0.29) is 24.2 Å². The van der Waals surface area contributed by atoms with Crippen LogP contribution in [0.15, 0.2) is 77.7 Å². The van der Waals surface area contributed by atoms with Crippen LogP contribution in [0.3, 0.4) is 0 Å². The molecule has 1 amide bonds. The van der Waals surface area contributed by atoms with Gasteiger partial charge < -0.3 is 15.5 Å². The molecule has 1 unspecified atom stereocenters. The van der Waals surface area contributed by atoms with Crippen molar-refractivity contribution in [2.45, 2.75) is 55.2 Å². The number of aromatic nitrogens is 2. The Balaban J connectivity index is 1.17. The van der Waals surface area contributed by atoms with Crippen LogP contribution in [0.5, 0.6) is 0 Å². The van der Waals surface area contributed by atoms with Gasteiger partial charge in [0.1, 0.15) is 11.6 Å². The van der Waals surface area contributed by atoms with Crippen molar-refractivity contribution in [1.29, 1.82) is 0 Å². The summed E-state index contributed by atoms with van der Waals surface area (Å²) in [5.74, 6) is 1.16. The molecular weight excluding hydrogens is 561 g/mol. The molecule has 0 bridgehead atoms. The van der Waals surface area contributed by atoms with Crippen LogP contribution in [0, 0.1) is 18.7 Å². The van der Waals surface area contributed by atoms with Crippen molar-refractivity contribution in [2.75, 3.05) is 30.9 Å². The SMILES string of the molecule is Cc1ccc(SC(CC(=O)c2ccc(F)cc2)C(=O)NC[C@H]2CC[C@@H](Nc3nc(N(C)C)c4ccccc4n3)CC2)cc1. The topological polar surface area (TPSA) is 87.2 Å². The number of nitrogens with zero attached hydrogens (tertiary/aromatic N) is 3. The van der Waals surface area contributed by atoms with Crippen LogP contribution in [0.25, 0.3) is 10.9 Å². The second kappa shape index (κ2) is 14.0. The maximum absolute atomic E-state index is 13.4. The van der Waals surface area contributed by atoms with E-state index in [0.29, 0.717) is 24.0 Å². The minimum absolute atomic E-state index is 0.0351. The van der Waals surface area contributed by atoms with Gasteiger partial charge in [-0.15, -0.1) is 11.8 Å². The van der Waals surface area contributed by atoms with Crippen molar-refractivity contribution >= 4 is 46.1 Å². The summed E-state index contributed by atoms with van der Waals surface area (Å²) in [5.41, 5.74) is 2.45. The van der Waals surface area contributed by atoms with Crippen molar-refractivity contribution in [3.8, 4) is 0 Å². The highest BCUT2D eigenvalue weighted by molar-refractivity contribution is 8.00. The molecular formula is C34H38FN5O2S. The Kier molecular flexibility index (Phi) is 9.92. The van der Waals surface area contributed by atoms with Gasteiger partial charge in [-0.2, -0.15) is 4.98 Å². The van der Waals surface area contributed by atoms with Gasteiger partial charge in [0.15, 0.2) is 5.78 Å². The van der Waals surface area contributed by atoms with Crippen LogP contribution in [-0.4, -0.2) is 53.6 Å². The Morgan fingerprint density at radius 1 is 0.953 bits per heavy atom. The van der Waals surface area contributed by atoms with E-state index in [1.54, 1.807) is 0 Å². The number of nitrogens with one attached hydrogen (secondary N) is 2. The van der Waals surface area contributed by atoms with Crippen LogP contribution in [-0.2, 0) is 4.79 Å². The molecule has 1 aliphatic rings. The van der Waals surface area contributed by atoms with Crippen LogP contribution in [0.1, 0.15) is 48.0 Å². The number of thioether (sulfide) groups is 1. The Bertz CT molecular complexity index is 1550. The average molecular weight is 600 g/mol. The van der Waals surface area contributed by atoms with E-state index in [1.807, 2.05) is 74.4 Å². The lowest BCUT2D eigenvalue weighted by Crippen LogP contribution is -2.39. The summed E-state index contributed by atoms with van der Waals surface area (Å²) in [6, 6.07) is 21.7. The van der Waals surface area contributed by atoms with Gasteiger partial charge in [-0.05, 0) is 87.1 Å². The Morgan fingerprint density at radius 3 is 2.35 bits per heavy atom. The zero-order chi connectivity index (χ0) is 30.3. The van der Waals surface area contributed by atoms with Crippen LogP contribution >= 0.6 is 11.8 Å².